The van der Waals surface area contributed by atoms with E-state index < -0.39 is 0 Å². The van der Waals surface area contributed by atoms with Gasteiger partial charge in [-0.1, -0.05) is 30.3 Å². The highest BCUT2D eigenvalue weighted by Crippen LogP contribution is 2.39. The van der Waals surface area contributed by atoms with Gasteiger partial charge in [-0.25, -0.2) is 9.97 Å². The average molecular weight is 438 g/mol. The number of anilines is 1. The molecule has 3 aromatic rings. The molecule has 0 spiro atoms. The lowest BCUT2D eigenvalue weighted by Gasteiger charge is -2.33. The normalized spacial score (nSPS) is 20.3. The number of amides is 1. The highest BCUT2D eigenvalue weighted by atomic mass is 32.1. The summed E-state index contributed by atoms with van der Waals surface area (Å²) in [5.74, 6) is 1.39. The van der Waals surface area contributed by atoms with E-state index in [1.54, 1.807) is 11.3 Å². The van der Waals surface area contributed by atoms with Crippen molar-refractivity contribution in [2.45, 2.75) is 19.4 Å². The molecule has 0 aliphatic carbocycles. The van der Waals surface area contributed by atoms with E-state index in [-0.39, 0.29) is 11.8 Å². The largest absolute Gasteiger partial charge is 0.379 e. The summed E-state index contributed by atoms with van der Waals surface area (Å²) in [4.78, 5) is 27.5. The van der Waals surface area contributed by atoms with E-state index in [0.717, 1.165) is 78.7 Å². The first-order chi connectivity index (χ1) is 15.2. The van der Waals surface area contributed by atoms with Crippen molar-refractivity contribution in [3.05, 3.63) is 41.5 Å². The lowest BCUT2D eigenvalue weighted by molar-refractivity contribution is -0.122. The van der Waals surface area contributed by atoms with Gasteiger partial charge in [-0.15, -0.1) is 11.3 Å². The molecule has 2 fully saturated rings. The van der Waals surface area contributed by atoms with Gasteiger partial charge in [0.25, 0.3) is 0 Å². The van der Waals surface area contributed by atoms with Crippen LogP contribution in [0.2, 0.25) is 0 Å². The predicted octanol–water partition coefficient (Wildman–Crippen LogP) is 2.89. The van der Waals surface area contributed by atoms with Crippen molar-refractivity contribution < 1.29 is 9.53 Å². The molecule has 0 bridgehead atoms. The highest BCUT2D eigenvalue weighted by molar-refractivity contribution is 7.17. The number of hydrogen-bond donors (Lipinski definition) is 1. The van der Waals surface area contributed by atoms with Crippen LogP contribution in [-0.2, 0) is 16.1 Å². The number of carbonyl (C=O) groups excluding carboxylic acids is 1. The molecule has 2 aromatic heterocycles. The van der Waals surface area contributed by atoms with Gasteiger partial charge >= 0.3 is 0 Å². The maximum Gasteiger partial charge on any atom is 0.222 e. The van der Waals surface area contributed by atoms with Crippen LogP contribution in [0.25, 0.3) is 21.3 Å². The van der Waals surface area contributed by atoms with Crippen molar-refractivity contribution in [3.63, 3.8) is 0 Å². The molecule has 2 saturated heterocycles. The van der Waals surface area contributed by atoms with Crippen LogP contribution in [0.15, 0.2) is 35.7 Å². The number of fused-ring (bicyclic) bond motifs is 1. The first-order valence-electron chi connectivity index (χ1n) is 10.9. The van der Waals surface area contributed by atoms with E-state index in [9.17, 15) is 4.79 Å². The quantitative estimate of drug-likeness (QED) is 0.661. The number of ether oxygens (including phenoxy) is 1. The molecule has 1 atom stereocenters. The van der Waals surface area contributed by atoms with Crippen LogP contribution in [0.5, 0.6) is 0 Å². The van der Waals surface area contributed by atoms with E-state index in [4.69, 9.17) is 20.4 Å². The van der Waals surface area contributed by atoms with Gasteiger partial charge in [0, 0.05) is 37.1 Å². The Morgan fingerprint density at radius 1 is 1.16 bits per heavy atom. The summed E-state index contributed by atoms with van der Waals surface area (Å²) in [7, 11) is 0. The number of nitrogens with two attached hydrogens (primary N) is 1. The number of nitrogens with zero attached hydrogens (tertiary/aromatic N) is 4. The van der Waals surface area contributed by atoms with Crippen molar-refractivity contribution in [2.24, 2.45) is 11.7 Å². The molecular weight excluding hydrogens is 410 g/mol. The number of primary amides is 1. The Bertz CT molecular complexity index is 1060. The summed E-state index contributed by atoms with van der Waals surface area (Å²) >= 11 is 1.66. The standard InChI is InChI=1S/C23H27N5O2S/c24-21(29)17-7-4-8-28(13-17)22-20-18(16-5-2-1-3-6-16)15-31-23(20)26-19(25-22)14-27-9-11-30-12-10-27/h1-3,5-6,15,17H,4,7-14H2,(H2,24,29). The Balaban J connectivity index is 1.58. The molecule has 1 amide bonds. The molecule has 5 rings (SSSR count). The fraction of sp³-hybridized carbons (Fsp3) is 0.435. The third-order valence-corrected chi connectivity index (χ3v) is 7.01. The van der Waals surface area contributed by atoms with Crippen LogP contribution in [-0.4, -0.2) is 60.2 Å². The topological polar surface area (TPSA) is 84.6 Å². The Morgan fingerprint density at radius 3 is 2.74 bits per heavy atom. The minimum atomic E-state index is -0.225. The van der Waals surface area contributed by atoms with Gasteiger partial charge in [0.05, 0.1) is 31.1 Å². The monoisotopic (exact) mass is 437 g/mol. The van der Waals surface area contributed by atoms with Gasteiger partial charge in [0.1, 0.15) is 16.5 Å². The summed E-state index contributed by atoms with van der Waals surface area (Å²) in [5.41, 5.74) is 7.96. The molecule has 8 heteroatoms. The second-order valence-corrected chi connectivity index (χ2v) is 9.09. The molecule has 1 aromatic carbocycles. The lowest BCUT2D eigenvalue weighted by atomic mass is 9.97. The minimum Gasteiger partial charge on any atom is -0.379 e. The molecule has 31 heavy (non-hydrogen) atoms. The fourth-order valence-electron chi connectivity index (χ4n) is 4.46. The van der Waals surface area contributed by atoms with Crippen LogP contribution in [0.3, 0.4) is 0 Å². The summed E-state index contributed by atoms with van der Waals surface area (Å²) in [6.07, 6.45) is 1.78. The number of benzene rings is 1. The molecule has 162 valence electrons. The van der Waals surface area contributed by atoms with Crippen LogP contribution in [0.4, 0.5) is 5.82 Å². The van der Waals surface area contributed by atoms with Crippen molar-refractivity contribution in [1.29, 1.82) is 0 Å². The van der Waals surface area contributed by atoms with Crippen molar-refractivity contribution >= 4 is 33.3 Å². The number of hydrogen-bond acceptors (Lipinski definition) is 7. The third kappa shape index (κ3) is 4.28. The third-order valence-electron chi connectivity index (χ3n) is 6.14. The maximum atomic E-state index is 11.9. The van der Waals surface area contributed by atoms with Gasteiger partial charge in [-0.3, -0.25) is 9.69 Å². The number of morpholine rings is 1. The van der Waals surface area contributed by atoms with E-state index in [2.05, 4.69) is 39.4 Å². The van der Waals surface area contributed by atoms with Crippen LogP contribution in [0.1, 0.15) is 18.7 Å². The first-order valence-corrected chi connectivity index (χ1v) is 11.7. The van der Waals surface area contributed by atoms with Gasteiger partial charge < -0.3 is 15.4 Å². The Labute approximate surface area is 185 Å². The molecule has 1 unspecified atom stereocenters. The van der Waals surface area contributed by atoms with E-state index in [1.165, 1.54) is 0 Å². The SMILES string of the molecule is NC(=O)C1CCCN(c2nc(CN3CCOCC3)nc3scc(-c4ccccc4)c23)C1. The average Bonchev–Trinajstić information content (AvgIpc) is 3.24. The lowest BCUT2D eigenvalue weighted by Crippen LogP contribution is -2.42. The summed E-state index contributed by atoms with van der Waals surface area (Å²) < 4.78 is 5.48. The predicted molar refractivity (Wildman–Crippen MR) is 123 cm³/mol. The second-order valence-electron chi connectivity index (χ2n) is 8.24. The fourth-order valence-corrected chi connectivity index (χ4v) is 5.42. The van der Waals surface area contributed by atoms with Crippen LogP contribution >= 0.6 is 11.3 Å². The molecule has 2 aliphatic heterocycles. The first kappa shape index (κ1) is 20.4. The van der Waals surface area contributed by atoms with E-state index in [0.29, 0.717) is 13.1 Å². The van der Waals surface area contributed by atoms with Crippen LogP contribution < -0.4 is 10.6 Å². The number of rotatable bonds is 5. The number of carbonyl (C=O) groups is 1. The van der Waals surface area contributed by atoms with Gasteiger partial charge in [0.15, 0.2) is 0 Å². The molecular formula is C23H27N5O2S. The molecule has 7 nitrogen and oxygen atoms in total. The van der Waals surface area contributed by atoms with Crippen molar-refractivity contribution in [1.82, 2.24) is 14.9 Å². The zero-order valence-electron chi connectivity index (χ0n) is 17.5. The number of piperidine rings is 1. The zero-order chi connectivity index (χ0) is 21.2. The van der Waals surface area contributed by atoms with Gasteiger partial charge in [-0.2, -0.15) is 0 Å². The van der Waals surface area contributed by atoms with Crippen molar-refractivity contribution in [3.8, 4) is 11.1 Å². The Hall–Kier alpha value is -2.55. The Morgan fingerprint density at radius 2 is 1.97 bits per heavy atom. The molecule has 2 aliphatic rings. The molecule has 0 radical (unpaired) electrons. The second kappa shape index (κ2) is 8.90. The number of thiophene rings is 1. The Kier molecular flexibility index (Phi) is 5.85. The van der Waals surface area contributed by atoms with Gasteiger partial charge in [-0.05, 0) is 18.4 Å². The van der Waals surface area contributed by atoms with Gasteiger partial charge in [0.2, 0.25) is 5.91 Å². The summed E-state index contributed by atoms with van der Waals surface area (Å²) in [5, 5.41) is 3.25. The zero-order valence-corrected chi connectivity index (χ0v) is 18.3. The molecule has 4 heterocycles. The summed E-state index contributed by atoms with van der Waals surface area (Å²) in [6, 6.07) is 10.4. The summed E-state index contributed by atoms with van der Waals surface area (Å²) in [6.45, 7) is 5.47. The van der Waals surface area contributed by atoms with Crippen molar-refractivity contribution in [2.75, 3.05) is 44.3 Å². The van der Waals surface area contributed by atoms with E-state index >= 15 is 0 Å². The molecule has 0 saturated carbocycles. The minimum absolute atomic E-state index is 0.139. The smallest absolute Gasteiger partial charge is 0.222 e. The highest BCUT2D eigenvalue weighted by Gasteiger charge is 2.28. The number of aromatic nitrogens is 2. The molecule has 2 N–H and O–H groups in total. The van der Waals surface area contributed by atoms with Crippen LogP contribution in [0, 0.1) is 5.92 Å². The van der Waals surface area contributed by atoms with E-state index in [1.807, 2.05) is 6.07 Å². The maximum absolute atomic E-state index is 11.9.